The molecule has 0 atom stereocenters. The maximum Gasteiger partial charge on any atom is 0.181 e. The highest BCUT2D eigenvalue weighted by molar-refractivity contribution is 6.10. The van der Waals surface area contributed by atoms with Crippen molar-refractivity contribution in [2.45, 2.75) is 103 Å². The smallest absolute Gasteiger partial charge is 0.181 e. The number of hydrogen-bond acceptors (Lipinski definition) is 3. The minimum absolute atomic E-state index is 0.256. The Kier molecular flexibility index (Phi) is 11.5. The average Bonchev–Trinajstić information content (AvgIpc) is 2.47. The molecule has 1 N–H and O–H groups in total. The predicted octanol–water partition coefficient (Wildman–Crippen LogP) is 4.60. The lowest BCUT2D eigenvalue weighted by Crippen LogP contribution is -2.46. The Hall–Kier alpha value is -0.700. The summed E-state index contributed by atoms with van der Waals surface area (Å²) in [5, 5.41) is 10.7. The molecule has 0 unspecified atom stereocenters. The van der Waals surface area contributed by atoms with Gasteiger partial charge in [0.05, 0.1) is 0 Å². The van der Waals surface area contributed by atoms with Gasteiger partial charge in [-0.15, -0.1) is 0 Å². The van der Waals surface area contributed by atoms with Crippen molar-refractivity contribution in [3.05, 3.63) is 0 Å². The van der Waals surface area contributed by atoms with E-state index in [1.54, 1.807) is 0 Å². The summed E-state index contributed by atoms with van der Waals surface area (Å²) in [5.74, 6) is -0.512. The van der Waals surface area contributed by atoms with E-state index in [1.807, 2.05) is 0 Å². The van der Waals surface area contributed by atoms with Gasteiger partial charge in [0.15, 0.2) is 17.2 Å². The maximum absolute atomic E-state index is 12.3. The molecule has 3 heteroatoms. The number of rotatable bonds is 14. The Morgan fingerprint density at radius 1 is 0.714 bits per heavy atom. The third-order valence-corrected chi connectivity index (χ3v) is 4.08. The number of aliphatic hydroxyl groups is 1. The van der Waals surface area contributed by atoms with E-state index < -0.39 is 5.60 Å². The topological polar surface area (TPSA) is 54.4 Å². The van der Waals surface area contributed by atoms with Gasteiger partial charge in [0.25, 0.3) is 0 Å². The fourth-order valence-corrected chi connectivity index (χ4v) is 2.55. The van der Waals surface area contributed by atoms with Crippen LogP contribution in [0.15, 0.2) is 0 Å². The second-order valence-corrected chi connectivity index (χ2v) is 6.08. The molecule has 0 bridgehead atoms. The summed E-state index contributed by atoms with van der Waals surface area (Å²) in [7, 11) is 0. The average molecular weight is 298 g/mol. The van der Waals surface area contributed by atoms with Crippen LogP contribution in [0.4, 0.5) is 0 Å². The molecule has 0 fully saturated rings. The molecule has 0 aliphatic rings. The maximum atomic E-state index is 12.3. The first-order chi connectivity index (χ1) is 10.0. The van der Waals surface area contributed by atoms with Gasteiger partial charge in [-0.1, -0.05) is 59.3 Å². The first-order valence-electron chi connectivity index (χ1n) is 8.81. The van der Waals surface area contributed by atoms with Crippen LogP contribution in [0.2, 0.25) is 0 Å². The van der Waals surface area contributed by atoms with Crippen molar-refractivity contribution in [1.29, 1.82) is 0 Å². The zero-order valence-electron chi connectivity index (χ0n) is 14.2. The minimum Gasteiger partial charge on any atom is -0.375 e. The number of Topliss-reactive ketones (excluding diaryl/α,β-unsaturated/α-hetero) is 2. The van der Waals surface area contributed by atoms with Crippen molar-refractivity contribution in [2.75, 3.05) is 0 Å². The molecule has 0 radical (unpaired) electrons. The first kappa shape index (κ1) is 20.3. The van der Waals surface area contributed by atoms with Crippen LogP contribution < -0.4 is 0 Å². The summed E-state index contributed by atoms with van der Waals surface area (Å²) in [6.45, 7) is 6.23. The summed E-state index contributed by atoms with van der Waals surface area (Å²) in [6, 6.07) is 0. The summed E-state index contributed by atoms with van der Waals surface area (Å²) in [5.41, 5.74) is -1.71. The Morgan fingerprint density at radius 2 is 1.10 bits per heavy atom. The van der Waals surface area contributed by atoms with Crippen LogP contribution in [0, 0.1) is 0 Å². The van der Waals surface area contributed by atoms with E-state index in [1.165, 1.54) is 0 Å². The molecular formula is C18H34O3. The van der Waals surface area contributed by atoms with Crippen LogP contribution in [0.5, 0.6) is 0 Å². The highest BCUT2D eigenvalue weighted by Gasteiger charge is 2.41. The fraction of sp³-hybridized carbons (Fsp3) is 0.889. The lowest BCUT2D eigenvalue weighted by Gasteiger charge is -2.25. The van der Waals surface area contributed by atoms with Gasteiger partial charge in [-0.3, -0.25) is 9.59 Å². The third kappa shape index (κ3) is 7.75. The molecule has 0 aliphatic heterocycles. The molecule has 0 saturated carbocycles. The van der Waals surface area contributed by atoms with Gasteiger partial charge in [0, 0.05) is 12.8 Å². The van der Waals surface area contributed by atoms with E-state index in [0.29, 0.717) is 19.3 Å². The van der Waals surface area contributed by atoms with Crippen molar-refractivity contribution in [3.8, 4) is 0 Å². The second-order valence-electron chi connectivity index (χ2n) is 6.08. The van der Waals surface area contributed by atoms with Crippen molar-refractivity contribution in [3.63, 3.8) is 0 Å². The number of unbranched alkanes of at least 4 members (excludes halogenated alkanes) is 6. The normalized spacial score (nSPS) is 11.6. The van der Waals surface area contributed by atoms with Crippen LogP contribution in [-0.4, -0.2) is 22.3 Å². The van der Waals surface area contributed by atoms with Crippen molar-refractivity contribution < 1.29 is 14.7 Å². The highest BCUT2D eigenvalue weighted by atomic mass is 16.3. The number of carbonyl (C=O) groups excluding carboxylic acids is 2. The zero-order chi connectivity index (χ0) is 16.1. The quantitative estimate of drug-likeness (QED) is 0.377. The summed E-state index contributed by atoms with van der Waals surface area (Å²) >= 11 is 0. The van der Waals surface area contributed by atoms with Gasteiger partial charge < -0.3 is 5.11 Å². The molecule has 0 saturated heterocycles. The van der Waals surface area contributed by atoms with Gasteiger partial charge in [0.2, 0.25) is 0 Å². The lowest BCUT2D eigenvalue weighted by atomic mass is 9.83. The molecule has 0 aromatic rings. The van der Waals surface area contributed by atoms with Gasteiger partial charge in [-0.2, -0.15) is 0 Å². The number of ketones is 2. The van der Waals surface area contributed by atoms with E-state index in [4.69, 9.17) is 0 Å². The SMILES string of the molecule is CCCCCC(=O)C(O)(CCCCC)C(=O)CCCCC. The standard InChI is InChI=1S/C18H34O3/c1-4-7-10-13-16(19)18(21,15-12-9-6-3)17(20)14-11-8-5-2/h21H,4-15H2,1-3H3. The molecule has 0 aromatic heterocycles. The summed E-state index contributed by atoms with van der Waals surface area (Å²) < 4.78 is 0. The Morgan fingerprint density at radius 3 is 1.48 bits per heavy atom. The molecule has 3 nitrogen and oxygen atoms in total. The fourth-order valence-electron chi connectivity index (χ4n) is 2.55. The van der Waals surface area contributed by atoms with Crippen molar-refractivity contribution in [2.24, 2.45) is 0 Å². The molecule has 0 amide bonds. The third-order valence-electron chi connectivity index (χ3n) is 4.08. The number of carbonyl (C=O) groups is 2. The summed E-state index contributed by atoms with van der Waals surface area (Å²) in [6.07, 6.45) is 9.23. The van der Waals surface area contributed by atoms with E-state index in [-0.39, 0.29) is 11.6 Å². The monoisotopic (exact) mass is 298 g/mol. The zero-order valence-corrected chi connectivity index (χ0v) is 14.2. The predicted molar refractivity (Wildman–Crippen MR) is 87.4 cm³/mol. The van der Waals surface area contributed by atoms with Crippen LogP contribution in [0.3, 0.4) is 0 Å². The van der Waals surface area contributed by atoms with Gasteiger partial charge in [0.1, 0.15) is 0 Å². The lowest BCUT2D eigenvalue weighted by molar-refractivity contribution is -0.152. The van der Waals surface area contributed by atoms with Crippen LogP contribution in [-0.2, 0) is 9.59 Å². The molecule has 21 heavy (non-hydrogen) atoms. The van der Waals surface area contributed by atoms with Gasteiger partial charge in [-0.05, 0) is 25.7 Å². The van der Waals surface area contributed by atoms with Crippen molar-refractivity contribution >= 4 is 11.6 Å². The Bertz CT molecular complexity index is 275. The molecule has 0 rings (SSSR count). The molecular weight excluding hydrogens is 264 g/mol. The Labute approximate surface area is 130 Å². The largest absolute Gasteiger partial charge is 0.375 e. The van der Waals surface area contributed by atoms with Crippen LogP contribution in [0.25, 0.3) is 0 Å². The van der Waals surface area contributed by atoms with E-state index >= 15 is 0 Å². The highest BCUT2D eigenvalue weighted by Crippen LogP contribution is 2.23. The van der Waals surface area contributed by atoms with E-state index in [0.717, 1.165) is 57.8 Å². The van der Waals surface area contributed by atoms with Gasteiger partial charge in [-0.25, -0.2) is 0 Å². The molecule has 0 spiro atoms. The van der Waals surface area contributed by atoms with Crippen molar-refractivity contribution in [1.82, 2.24) is 0 Å². The molecule has 124 valence electrons. The van der Waals surface area contributed by atoms with Gasteiger partial charge >= 0.3 is 0 Å². The van der Waals surface area contributed by atoms with E-state index in [9.17, 15) is 14.7 Å². The van der Waals surface area contributed by atoms with E-state index in [2.05, 4.69) is 20.8 Å². The molecule has 0 aromatic carbocycles. The Balaban J connectivity index is 4.64. The van der Waals surface area contributed by atoms with Crippen LogP contribution >= 0.6 is 0 Å². The number of hydrogen-bond donors (Lipinski definition) is 1. The minimum atomic E-state index is -1.71. The molecule has 0 heterocycles. The second kappa shape index (κ2) is 11.9. The first-order valence-corrected chi connectivity index (χ1v) is 8.81. The molecule has 0 aliphatic carbocycles. The summed E-state index contributed by atoms with van der Waals surface area (Å²) in [4.78, 5) is 24.7. The van der Waals surface area contributed by atoms with Crippen LogP contribution in [0.1, 0.15) is 97.8 Å².